The minimum Gasteiger partial charge on any atom is -0.496 e. The van der Waals surface area contributed by atoms with Crippen LogP contribution in [0.3, 0.4) is 0 Å². The molecular weight excluding hydrogens is 244 g/mol. The van der Waals surface area contributed by atoms with Gasteiger partial charge in [0.25, 0.3) is 5.91 Å². The van der Waals surface area contributed by atoms with E-state index in [1.165, 1.54) is 0 Å². The highest BCUT2D eigenvalue weighted by atomic mass is 16.5. The molecule has 1 aliphatic rings. The van der Waals surface area contributed by atoms with Crippen LogP contribution in [0, 0.1) is 0 Å². The van der Waals surface area contributed by atoms with Gasteiger partial charge in [0.1, 0.15) is 5.75 Å². The van der Waals surface area contributed by atoms with E-state index in [2.05, 4.69) is 5.32 Å². The summed E-state index contributed by atoms with van der Waals surface area (Å²) >= 11 is 0. The van der Waals surface area contributed by atoms with Gasteiger partial charge in [0.15, 0.2) is 0 Å². The Hall–Kier alpha value is -1.59. The summed E-state index contributed by atoms with van der Waals surface area (Å²) in [5.41, 5.74) is 0.587. The molecule has 19 heavy (non-hydrogen) atoms. The molecule has 0 aromatic heterocycles. The Morgan fingerprint density at radius 2 is 2.32 bits per heavy atom. The normalized spacial score (nSPS) is 18.9. The number of carbonyl (C=O) groups excluding carboxylic acids is 1. The number of benzene rings is 1. The van der Waals surface area contributed by atoms with Crippen molar-refractivity contribution in [2.45, 2.75) is 6.04 Å². The molecule has 1 fully saturated rings. The van der Waals surface area contributed by atoms with Crippen LogP contribution in [0.4, 0.5) is 0 Å². The maximum atomic E-state index is 12.4. The molecule has 0 bridgehead atoms. The molecule has 1 aromatic carbocycles. The summed E-state index contributed by atoms with van der Waals surface area (Å²) in [5.74, 6) is 0.567. The van der Waals surface area contributed by atoms with Crippen molar-refractivity contribution < 1.29 is 14.3 Å². The van der Waals surface area contributed by atoms with Crippen LogP contribution in [-0.4, -0.2) is 57.3 Å². The van der Waals surface area contributed by atoms with Gasteiger partial charge in [-0.25, -0.2) is 0 Å². The Morgan fingerprint density at radius 3 is 3.00 bits per heavy atom. The largest absolute Gasteiger partial charge is 0.496 e. The molecule has 5 heteroatoms. The quantitative estimate of drug-likeness (QED) is 0.872. The van der Waals surface area contributed by atoms with E-state index in [1.54, 1.807) is 31.2 Å². The molecule has 1 N–H and O–H groups in total. The highest BCUT2D eigenvalue weighted by Gasteiger charge is 2.20. The van der Waals surface area contributed by atoms with Crippen LogP contribution in [0.5, 0.6) is 5.75 Å². The molecular formula is C14H20N2O3. The lowest BCUT2D eigenvalue weighted by molar-refractivity contribution is 0.0564. The van der Waals surface area contributed by atoms with Gasteiger partial charge in [-0.3, -0.25) is 4.79 Å². The van der Waals surface area contributed by atoms with Crippen LogP contribution in [-0.2, 0) is 4.74 Å². The highest BCUT2D eigenvalue weighted by Crippen LogP contribution is 2.18. The first kappa shape index (κ1) is 13.8. The molecule has 1 amide bonds. The van der Waals surface area contributed by atoms with Crippen LogP contribution >= 0.6 is 0 Å². The Morgan fingerprint density at radius 1 is 1.53 bits per heavy atom. The molecule has 1 aromatic rings. The molecule has 0 radical (unpaired) electrons. The number of nitrogens with one attached hydrogen (secondary N) is 1. The maximum absolute atomic E-state index is 12.4. The second-order valence-electron chi connectivity index (χ2n) is 4.61. The summed E-state index contributed by atoms with van der Waals surface area (Å²) in [4.78, 5) is 14.1. The predicted octanol–water partition coefficient (Wildman–Crippen LogP) is 0.756. The molecule has 0 spiro atoms. The molecule has 1 unspecified atom stereocenters. The van der Waals surface area contributed by atoms with Crippen molar-refractivity contribution >= 4 is 5.91 Å². The smallest absolute Gasteiger partial charge is 0.257 e. The topological polar surface area (TPSA) is 50.8 Å². The summed E-state index contributed by atoms with van der Waals surface area (Å²) < 4.78 is 10.6. The fraction of sp³-hybridized carbons (Fsp3) is 0.500. The lowest BCUT2D eigenvalue weighted by Crippen LogP contribution is -2.48. The van der Waals surface area contributed by atoms with E-state index in [9.17, 15) is 4.79 Å². The van der Waals surface area contributed by atoms with E-state index in [1.807, 2.05) is 12.1 Å². The third-order valence-corrected chi connectivity index (χ3v) is 3.18. The van der Waals surface area contributed by atoms with Gasteiger partial charge >= 0.3 is 0 Å². The van der Waals surface area contributed by atoms with Gasteiger partial charge in [-0.2, -0.15) is 0 Å². The predicted molar refractivity (Wildman–Crippen MR) is 72.6 cm³/mol. The van der Waals surface area contributed by atoms with Crippen LogP contribution in [0.2, 0.25) is 0 Å². The van der Waals surface area contributed by atoms with E-state index in [0.717, 1.165) is 13.2 Å². The van der Waals surface area contributed by atoms with Gasteiger partial charge in [-0.05, 0) is 12.1 Å². The average molecular weight is 264 g/mol. The number of rotatable bonds is 4. The molecule has 0 aliphatic carbocycles. The summed E-state index contributed by atoms with van der Waals surface area (Å²) in [6.45, 7) is 2.84. The minimum atomic E-state index is -0.0372. The third-order valence-electron chi connectivity index (χ3n) is 3.18. The SMILES string of the molecule is COc1ccccc1C(=O)N(C)CC1COCCN1. The standard InChI is InChI=1S/C14H20N2O3/c1-16(9-11-10-19-8-7-15-11)14(17)12-5-3-4-6-13(12)18-2/h3-6,11,15H,7-10H2,1-2H3. The van der Waals surface area contributed by atoms with Gasteiger partial charge in [0, 0.05) is 26.2 Å². The van der Waals surface area contributed by atoms with E-state index < -0.39 is 0 Å². The fourth-order valence-corrected chi connectivity index (χ4v) is 2.18. The van der Waals surface area contributed by atoms with Crippen molar-refractivity contribution in [3.05, 3.63) is 29.8 Å². The number of methoxy groups -OCH3 is 1. The van der Waals surface area contributed by atoms with Gasteiger partial charge < -0.3 is 19.7 Å². The average Bonchev–Trinajstić information content (AvgIpc) is 2.47. The molecule has 0 saturated carbocycles. The Balaban J connectivity index is 2.01. The second-order valence-corrected chi connectivity index (χ2v) is 4.61. The molecule has 104 valence electrons. The maximum Gasteiger partial charge on any atom is 0.257 e. The van der Waals surface area contributed by atoms with E-state index in [0.29, 0.717) is 24.5 Å². The first-order valence-corrected chi connectivity index (χ1v) is 6.42. The first-order chi connectivity index (χ1) is 9.22. The molecule has 5 nitrogen and oxygen atoms in total. The molecule has 1 heterocycles. The number of amides is 1. The number of likely N-dealkylation sites (N-methyl/N-ethyl adjacent to an activating group) is 1. The Bertz CT molecular complexity index is 430. The Kier molecular flexibility index (Phi) is 4.76. The molecule has 1 atom stereocenters. The van der Waals surface area contributed by atoms with E-state index in [4.69, 9.17) is 9.47 Å². The second kappa shape index (κ2) is 6.54. The summed E-state index contributed by atoms with van der Waals surface area (Å²) in [6, 6.07) is 7.46. The van der Waals surface area contributed by atoms with Gasteiger partial charge in [-0.15, -0.1) is 0 Å². The van der Waals surface area contributed by atoms with Crippen molar-refractivity contribution in [1.29, 1.82) is 0 Å². The number of hydrogen-bond acceptors (Lipinski definition) is 4. The zero-order chi connectivity index (χ0) is 13.7. The van der Waals surface area contributed by atoms with E-state index >= 15 is 0 Å². The van der Waals surface area contributed by atoms with Crippen LogP contribution in [0.15, 0.2) is 24.3 Å². The first-order valence-electron chi connectivity index (χ1n) is 6.42. The lowest BCUT2D eigenvalue weighted by atomic mass is 10.1. The van der Waals surface area contributed by atoms with Crippen LogP contribution in [0.1, 0.15) is 10.4 Å². The molecule has 2 rings (SSSR count). The number of ether oxygens (including phenoxy) is 2. The number of nitrogens with zero attached hydrogens (tertiary/aromatic N) is 1. The van der Waals surface area contributed by atoms with Crippen molar-refractivity contribution in [2.75, 3.05) is 40.5 Å². The highest BCUT2D eigenvalue weighted by molar-refractivity contribution is 5.96. The molecule has 1 aliphatic heterocycles. The number of hydrogen-bond donors (Lipinski definition) is 1. The van der Waals surface area contributed by atoms with Crippen molar-refractivity contribution in [2.24, 2.45) is 0 Å². The van der Waals surface area contributed by atoms with E-state index in [-0.39, 0.29) is 11.9 Å². The van der Waals surface area contributed by atoms with Crippen molar-refractivity contribution in [3.63, 3.8) is 0 Å². The van der Waals surface area contributed by atoms with Gasteiger partial charge in [0.05, 0.1) is 25.9 Å². The summed E-state index contributed by atoms with van der Waals surface area (Å²) in [7, 11) is 3.37. The van der Waals surface area contributed by atoms with Gasteiger partial charge in [0.2, 0.25) is 0 Å². The number of morpholine rings is 1. The van der Waals surface area contributed by atoms with Crippen LogP contribution in [0.25, 0.3) is 0 Å². The van der Waals surface area contributed by atoms with Crippen molar-refractivity contribution in [3.8, 4) is 5.75 Å². The number of para-hydroxylation sites is 1. The van der Waals surface area contributed by atoms with Gasteiger partial charge in [-0.1, -0.05) is 12.1 Å². The lowest BCUT2D eigenvalue weighted by Gasteiger charge is -2.28. The van der Waals surface area contributed by atoms with Crippen LogP contribution < -0.4 is 10.1 Å². The zero-order valence-electron chi connectivity index (χ0n) is 11.4. The zero-order valence-corrected chi connectivity index (χ0v) is 11.4. The third kappa shape index (κ3) is 3.45. The summed E-state index contributed by atoms with van der Waals surface area (Å²) in [6.07, 6.45) is 0. The fourth-order valence-electron chi connectivity index (χ4n) is 2.18. The summed E-state index contributed by atoms with van der Waals surface area (Å²) in [5, 5.41) is 3.33. The minimum absolute atomic E-state index is 0.0372. The monoisotopic (exact) mass is 264 g/mol. The number of carbonyl (C=O) groups is 1. The van der Waals surface area contributed by atoms with Crippen molar-refractivity contribution in [1.82, 2.24) is 10.2 Å². The Labute approximate surface area is 113 Å². The molecule has 1 saturated heterocycles.